The number of hydrazone groups is 1. The molecule has 1 aliphatic heterocycles. The van der Waals surface area contributed by atoms with E-state index in [4.69, 9.17) is 0 Å². The van der Waals surface area contributed by atoms with Gasteiger partial charge in [0.25, 0.3) is 10.0 Å². The van der Waals surface area contributed by atoms with Crippen molar-refractivity contribution in [3.05, 3.63) is 95.8 Å². The Morgan fingerprint density at radius 3 is 2.12 bits per heavy atom. The average molecular weight is 474 g/mol. The van der Waals surface area contributed by atoms with Gasteiger partial charge in [0.15, 0.2) is 0 Å². The number of anilines is 1. The zero-order chi connectivity index (χ0) is 22.9. The van der Waals surface area contributed by atoms with Gasteiger partial charge in [-0.05, 0) is 47.5 Å². The van der Waals surface area contributed by atoms with Crippen LogP contribution in [-0.2, 0) is 20.0 Å². The monoisotopic (exact) mass is 473 g/mol. The van der Waals surface area contributed by atoms with Crippen LogP contribution >= 0.6 is 0 Å². The fourth-order valence-electron chi connectivity index (χ4n) is 3.46. The van der Waals surface area contributed by atoms with Crippen LogP contribution in [-0.4, -0.2) is 33.2 Å². The maximum absolute atomic E-state index is 13.5. The van der Waals surface area contributed by atoms with Crippen molar-refractivity contribution in [1.82, 2.24) is 4.41 Å². The highest BCUT2D eigenvalue weighted by atomic mass is 32.2. The molecular weight excluding hydrogens is 453 g/mol. The van der Waals surface area contributed by atoms with E-state index in [9.17, 15) is 21.2 Å². The first-order valence-corrected chi connectivity index (χ1v) is 13.0. The average Bonchev–Trinajstić information content (AvgIpc) is 3.21. The van der Waals surface area contributed by atoms with E-state index >= 15 is 0 Å². The van der Waals surface area contributed by atoms with Crippen LogP contribution in [0.5, 0.6) is 0 Å². The zero-order valence-electron chi connectivity index (χ0n) is 17.0. The third-order valence-corrected chi connectivity index (χ3v) is 7.24. The van der Waals surface area contributed by atoms with Crippen LogP contribution in [0.2, 0.25) is 0 Å². The number of hydrogen-bond donors (Lipinski definition) is 1. The Labute approximate surface area is 186 Å². The van der Waals surface area contributed by atoms with Gasteiger partial charge in [-0.25, -0.2) is 12.8 Å². The highest BCUT2D eigenvalue weighted by Gasteiger charge is 2.37. The largest absolute Gasteiger partial charge is 0.284 e. The maximum Gasteiger partial charge on any atom is 0.279 e. The Morgan fingerprint density at radius 1 is 0.906 bits per heavy atom. The van der Waals surface area contributed by atoms with Crippen LogP contribution in [0.25, 0.3) is 0 Å². The number of nitrogens with one attached hydrogen (secondary N) is 1. The second kappa shape index (κ2) is 8.36. The van der Waals surface area contributed by atoms with Crippen LogP contribution in [0.1, 0.15) is 23.6 Å². The zero-order valence-corrected chi connectivity index (χ0v) is 18.6. The molecule has 0 radical (unpaired) electrons. The normalized spacial score (nSPS) is 16.6. The standard InChI is InChI=1S/C22H20FN3O4S2/c1-31(27,28)25-19-13-9-16(10-14-19)21-15-22(17-7-11-18(23)12-8-17)26(24-21)32(29,30)20-5-3-2-4-6-20/h2-14,22,25H,15H2,1H3. The lowest BCUT2D eigenvalue weighted by Crippen LogP contribution is -2.27. The predicted octanol–water partition coefficient (Wildman–Crippen LogP) is 3.74. The Hall–Kier alpha value is -3.24. The van der Waals surface area contributed by atoms with E-state index in [1.54, 1.807) is 54.6 Å². The second-order valence-corrected chi connectivity index (χ2v) is 10.9. The van der Waals surface area contributed by atoms with Gasteiger partial charge in [-0.2, -0.15) is 17.9 Å². The van der Waals surface area contributed by atoms with Crippen molar-refractivity contribution in [3.63, 3.8) is 0 Å². The van der Waals surface area contributed by atoms with Crippen molar-refractivity contribution in [1.29, 1.82) is 0 Å². The molecule has 1 heterocycles. The molecule has 3 aromatic carbocycles. The molecule has 0 saturated carbocycles. The molecular formula is C22H20FN3O4S2. The minimum Gasteiger partial charge on any atom is -0.284 e. The van der Waals surface area contributed by atoms with Crippen molar-refractivity contribution in [3.8, 4) is 0 Å². The minimum atomic E-state index is -3.96. The van der Waals surface area contributed by atoms with Crippen LogP contribution in [0.4, 0.5) is 10.1 Å². The Morgan fingerprint density at radius 2 is 1.53 bits per heavy atom. The second-order valence-electron chi connectivity index (χ2n) is 7.36. The predicted molar refractivity (Wildman–Crippen MR) is 121 cm³/mol. The van der Waals surface area contributed by atoms with Crippen LogP contribution < -0.4 is 4.72 Å². The first-order chi connectivity index (χ1) is 15.1. The van der Waals surface area contributed by atoms with Gasteiger partial charge in [0.2, 0.25) is 10.0 Å². The summed E-state index contributed by atoms with van der Waals surface area (Å²) < 4.78 is 66.4. The molecule has 1 N–H and O–H groups in total. The smallest absolute Gasteiger partial charge is 0.279 e. The molecule has 0 saturated heterocycles. The topological polar surface area (TPSA) is 95.9 Å². The lowest BCUT2D eigenvalue weighted by molar-refractivity contribution is 0.371. The number of rotatable bonds is 6. The van der Waals surface area contributed by atoms with Gasteiger partial charge in [-0.1, -0.05) is 42.5 Å². The molecule has 1 unspecified atom stereocenters. The Balaban J connectivity index is 1.73. The fraction of sp³-hybridized carbons (Fsp3) is 0.136. The van der Waals surface area contributed by atoms with Gasteiger partial charge >= 0.3 is 0 Å². The van der Waals surface area contributed by atoms with E-state index in [2.05, 4.69) is 9.82 Å². The molecule has 1 aliphatic rings. The summed E-state index contributed by atoms with van der Waals surface area (Å²) in [6, 6.07) is 19.5. The summed E-state index contributed by atoms with van der Waals surface area (Å²) in [5, 5.41) is 4.42. The molecule has 7 nitrogen and oxygen atoms in total. The molecule has 0 aliphatic carbocycles. The van der Waals surface area contributed by atoms with E-state index in [-0.39, 0.29) is 11.3 Å². The minimum absolute atomic E-state index is 0.102. The van der Waals surface area contributed by atoms with E-state index in [1.165, 1.54) is 24.3 Å². The third kappa shape index (κ3) is 4.66. The lowest BCUT2D eigenvalue weighted by Gasteiger charge is -2.23. The van der Waals surface area contributed by atoms with Crippen molar-refractivity contribution in [2.24, 2.45) is 5.10 Å². The van der Waals surface area contributed by atoms with E-state index in [0.717, 1.165) is 10.7 Å². The van der Waals surface area contributed by atoms with Gasteiger partial charge in [-0.15, -0.1) is 0 Å². The lowest BCUT2D eigenvalue weighted by atomic mass is 9.99. The fourth-order valence-corrected chi connectivity index (χ4v) is 5.48. The van der Waals surface area contributed by atoms with Crippen molar-refractivity contribution in [2.45, 2.75) is 17.4 Å². The SMILES string of the molecule is CS(=O)(=O)Nc1ccc(C2=NN(S(=O)(=O)c3ccccc3)C(c3ccc(F)cc3)C2)cc1. The van der Waals surface area contributed by atoms with Gasteiger partial charge in [0, 0.05) is 12.1 Å². The maximum atomic E-state index is 13.5. The first-order valence-electron chi connectivity index (χ1n) is 9.64. The third-order valence-electron chi connectivity index (χ3n) is 4.94. The summed E-state index contributed by atoms with van der Waals surface area (Å²) >= 11 is 0. The molecule has 4 rings (SSSR count). The molecule has 166 valence electrons. The quantitative estimate of drug-likeness (QED) is 0.590. The Kier molecular flexibility index (Phi) is 5.74. The molecule has 0 amide bonds. The molecule has 3 aromatic rings. The summed E-state index contributed by atoms with van der Waals surface area (Å²) in [4.78, 5) is 0.102. The highest BCUT2D eigenvalue weighted by molar-refractivity contribution is 7.92. The van der Waals surface area contributed by atoms with Gasteiger partial charge in [0.1, 0.15) is 5.82 Å². The molecule has 0 spiro atoms. The Bertz CT molecular complexity index is 1360. The molecule has 32 heavy (non-hydrogen) atoms. The van der Waals surface area contributed by atoms with Crippen molar-refractivity contribution in [2.75, 3.05) is 11.0 Å². The van der Waals surface area contributed by atoms with Crippen LogP contribution in [0.3, 0.4) is 0 Å². The van der Waals surface area contributed by atoms with Gasteiger partial charge < -0.3 is 0 Å². The summed E-state index contributed by atoms with van der Waals surface area (Å²) in [5.41, 5.74) is 2.17. The first kappa shape index (κ1) is 22.0. The van der Waals surface area contributed by atoms with Gasteiger partial charge in [0.05, 0.1) is 22.9 Å². The number of hydrogen-bond acceptors (Lipinski definition) is 5. The summed E-state index contributed by atoms with van der Waals surface area (Å²) in [5.74, 6) is -0.417. The van der Waals surface area contributed by atoms with Gasteiger partial charge in [-0.3, -0.25) is 4.72 Å². The number of benzene rings is 3. The van der Waals surface area contributed by atoms with E-state index < -0.39 is 31.9 Å². The van der Waals surface area contributed by atoms with Crippen LogP contribution in [0, 0.1) is 5.82 Å². The highest BCUT2D eigenvalue weighted by Crippen LogP contribution is 2.37. The van der Waals surface area contributed by atoms with E-state index in [0.29, 0.717) is 22.5 Å². The summed E-state index contributed by atoms with van der Waals surface area (Å²) in [6.07, 6.45) is 1.33. The van der Waals surface area contributed by atoms with Crippen molar-refractivity contribution >= 4 is 31.4 Å². The molecule has 0 bridgehead atoms. The molecule has 0 fully saturated rings. The summed E-state index contributed by atoms with van der Waals surface area (Å²) in [7, 11) is -7.37. The number of halogens is 1. The number of nitrogens with zero attached hydrogens (tertiary/aromatic N) is 2. The summed E-state index contributed by atoms with van der Waals surface area (Å²) in [6.45, 7) is 0. The molecule has 10 heteroatoms. The number of sulfonamides is 2. The molecule has 0 aromatic heterocycles. The van der Waals surface area contributed by atoms with E-state index in [1.807, 2.05) is 0 Å². The van der Waals surface area contributed by atoms with Crippen LogP contribution in [0.15, 0.2) is 88.9 Å². The van der Waals surface area contributed by atoms with Crippen molar-refractivity contribution < 1.29 is 21.2 Å². The molecule has 1 atom stereocenters.